The molecule has 1 atom stereocenters. The molecule has 2 aromatic rings. The first-order valence-electron chi connectivity index (χ1n) is 9.28. The highest BCUT2D eigenvalue weighted by atomic mass is 16.2. The van der Waals surface area contributed by atoms with Gasteiger partial charge in [-0.05, 0) is 50.1 Å². The molecule has 5 nitrogen and oxygen atoms in total. The quantitative estimate of drug-likeness (QED) is 0.929. The maximum Gasteiger partial charge on any atom is 0.236 e. The fraction of sp³-hybridized carbons (Fsp3) is 0.500. The highest BCUT2D eigenvalue weighted by Gasteiger charge is 2.29. The molecule has 25 heavy (non-hydrogen) atoms. The molecule has 2 fully saturated rings. The topological polar surface area (TPSA) is 48.5 Å². The van der Waals surface area contributed by atoms with E-state index in [4.69, 9.17) is 0 Å². The largest absolute Gasteiger partial charge is 0.336 e. The number of pyridine rings is 1. The van der Waals surface area contributed by atoms with Gasteiger partial charge in [0.2, 0.25) is 5.91 Å². The molecule has 4 rings (SSSR count). The fourth-order valence-electron chi connectivity index (χ4n) is 4.07. The number of aromatic nitrogens is 1. The van der Waals surface area contributed by atoms with Crippen LogP contribution < -0.4 is 5.32 Å². The molecule has 1 unspecified atom stereocenters. The normalized spacial score (nSPS) is 22.5. The Balaban J connectivity index is 1.45. The number of hydrogen-bond acceptors (Lipinski definition) is 4. The van der Waals surface area contributed by atoms with E-state index in [0.29, 0.717) is 12.6 Å². The van der Waals surface area contributed by atoms with Crippen molar-refractivity contribution in [2.45, 2.75) is 32.4 Å². The van der Waals surface area contributed by atoms with Gasteiger partial charge in [0.1, 0.15) is 0 Å². The minimum atomic E-state index is 0.255. The lowest BCUT2D eigenvalue weighted by molar-refractivity contribution is -0.135. The van der Waals surface area contributed by atoms with Crippen molar-refractivity contribution in [1.29, 1.82) is 0 Å². The molecule has 2 aliphatic heterocycles. The number of nitrogens with zero attached hydrogens (tertiary/aromatic N) is 3. The van der Waals surface area contributed by atoms with Crippen LogP contribution in [0.1, 0.15) is 24.1 Å². The SMILES string of the molecule is Cc1ccc2cc(CN3CCCC(N4CCNCC4=O)C3)ccc2n1. The summed E-state index contributed by atoms with van der Waals surface area (Å²) in [7, 11) is 0. The average molecular weight is 338 g/mol. The van der Waals surface area contributed by atoms with Crippen LogP contribution in [0.25, 0.3) is 10.9 Å². The van der Waals surface area contributed by atoms with Crippen LogP contribution in [0.5, 0.6) is 0 Å². The second kappa shape index (κ2) is 7.10. The maximum absolute atomic E-state index is 12.2. The molecule has 5 heteroatoms. The Morgan fingerprint density at radius 3 is 3.04 bits per heavy atom. The molecule has 132 valence electrons. The highest BCUT2D eigenvalue weighted by molar-refractivity contribution is 5.80. The third-order valence-electron chi connectivity index (χ3n) is 5.35. The first-order chi connectivity index (χ1) is 12.2. The number of piperazine rings is 1. The average Bonchev–Trinajstić information content (AvgIpc) is 2.62. The Kier molecular flexibility index (Phi) is 4.68. The third kappa shape index (κ3) is 3.67. The molecule has 1 amide bonds. The summed E-state index contributed by atoms with van der Waals surface area (Å²) in [5, 5.41) is 4.37. The van der Waals surface area contributed by atoms with Crippen molar-refractivity contribution >= 4 is 16.8 Å². The number of amides is 1. The van der Waals surface area contributed by atoms with E-state index < -0.39 is 0 Å². The Morgan fingerprint density at radius 2 is 2.16 bits per heavy atom. The smallest absolute Gasteiger partial charge is 0.236 e. The molecular formula is C20H26N4O. The Bertz CT molecular complexity index is 775. The number of nitrogens with one attached hydrogen (secondary N) is 1. The molecule has 2 aliphatic rings. The molecule has 0 spiro atoms. The van der Waals surface area contributed by atoms with Gasteiger partial charge in [0.15, 0.2) is 0 Å². The van der Waals surface area contributed by atoms with E-state index >= 15 is 0 Å². The summed E-state index contributed by atoms with van der Waals surface area (Å²) >= 11 is 0. The zero-order valence-electron chi connectivity index (χ0n) is 14.9. The van der Waals surface area contributed by atoms with Crippen molar-refractivity contribution in [1.82, 2.24) is 20.1 Å². The van der Waals surface area contributed by atoms with Gasteiger partial charge in [-0.3, -0.25) is 14.7 Å². The van der Waals surface area contributed by atoms with Gasteiger partial charge in [-0.1, -0.05) is 12.1 Å². The fourth-order valence-corrected chi connectivity index (χ4v) is 4.07. The first kappa shape index (κ1) is 16.5. The third-order valence-corrected chi connectivity index (χ3v) is 5.35. The van der Waals surface area contributed by atoms with Gasteiger partial charge in [0.25, 0.3) is 0 Å². The molecule has 2 saturated heterocycles. The van der Waals surface area contributed by atoms with Crippen molar-refractivity contribution in [2.24, 2.45) is 0 Å². The van der Waals surface area contributed by atoms with Crippen molar-refractivity contribution in [2.75, 3.05) is 32.7 Å². The second-order valence-electron chi connectivity index (χ2n) is 7.27. The molecule has 1 N–H and O–H groups in total. The van der Waals surface area contributed by atoms with Crippen LogP contribution in [-0.2, 0) is 11.3 Å². The van der Waals surface area contributed by atoms with Gasteiger partial charge >= 0.3 is 0 Å². The van der Waals surface area contributed by atoms with Gasteiger partial charge in [-0.15, -0.1) is 0 Å². The van der Waals surface area contributed by atoms with E-state index in [9.17, 15) is 4.79 Å². The van der Waals surface area contributed by atoms with Crippen LogP contribution in [0.4, 0.5) is 0 Å². The summed E-state index contributed by atoms with van der Waals surface area (Å²) in [5.74, 6) is 0.255. The number of piperidine rings is 1. The highest BCUT2D eigenvalue weighted by Crippen LogP contribution is 2.21. The molecule has 0 aliphatic carbocycles. The summed E-state index contributed by atoms with van der Waals surface area (Å²) < 4.78 is 0. The number of benzene rings is 1. The molecule has 0 saturated carbocycles. The summed E-state index contributed by atoms with van der Waals surface area (Å²) in [5.41, 5.74) is 3.44. The van der Waals surface area contributed by atoms with Crippen molar-refractivity contribution in [3.8, 4) is 0 Å². The van der Waals surface area contributed by atoms with Crippen LogP contribution in [0.2, 0.25) is 0 Å². The van der Waals surface area contributed by atoms with Crippen LogP contribution in [-0.4, -0.2) is 59.5 Å². The first-order valence-corrected chi connectivity index (χ1v) is 9.28. The number of likely N-dealkylation sites (tertiary alicyclic amines) is 1. The summed E-state index contributed by atoms with van der Waals surface area (Å²) in [6.07, 6.45) is 2.29. The molecule has 3 heterocycles. The summed E-state index contributed by atoms with van der Waals surface area (Å²) in [6, 6.07) is 11.2. The second-order valence-corrected chi connectivity index (χ2v) is 7.27. The number of carbonyl (C=O) groups excluding carboxylic acids is 1. The van der Waals surface area contributed by atoms with Gasteiger partial charge < -0.3 is 10.2 Å². The van der Waals surface area contributed by atoms with E-state index in [1.807, 2.05) is 6.92 Å². The minimum Gasteiger partial charge on any atom is -0.336 e. The predicted molar refractivity (Wildman–Crippen MR) is 99.4 cm³/mol. The summed E-state index contributed by atoms with van der Waals surface area (Å²) in [4.78, 5) is 21.3. The lowest BCUT2D eigenvalue weighted by Gasteiger charge is -2.41. The predicted octanol–water partition coefficient (Wildman–Crippen LogP) is 1.94. The molecule has 1 aromatic carbocycles. The monoisotopic (exact) mass is 338 g/mol. The molecular weight excluding hydrogens is 312 g/mol. The molecule has 0 bridgehead atoms. The van der Waals surface area contributed by atoms with Crippen LogP contribution >= 0.6 is 0 Å². The van der Waals surface area contributed by atoms with E-state index in [-0.39, 0.29) is 5.91 Å². The Labute approximate surface area is 149 Å². The standard InChI is InChI=1S/C20H26N4O/c1-15-4-6-17-11-16(5-7-19(17)22-15)13-23-9-2-3-18(14-23)24-10-8-21-12-20(24)25/h4-7,11,18,21H,2-3,8-10,12-14H2,1H3. The van der Waals surface area contributed by atoms with Crippen molar-refractivity contribution < 1.29 is 4.79 Å². The number of carbonyl (C=O) groups is 1. The van der Waals surface area contributed by atoms with E-state index in [1.165, 1.54) is 10.9 Å². The lowest BCUT2D eigenvalue weighted by atomic mass is 10.0. The van der Waals surface area contributed by atoms with Gasteiger partial charge in [-0.2, -0.15) is 0 Å². The minimum absolute atomic E-state index is 0.255. The Hall–Kier alpha value is -1.98. The number of fused-ring (bicyclic) bond motifs is 1. The number of aryl methyl sites for hydroxylation is 1. The van der Waals surface area contributed by atoms with Gasteiger partial charge in [0, 0.05) is 43.3 Å². The lowest BCUT2D eigenvalue weighted by Crippen LogP contribution is -2.56. The van der Waals surface area contributed by atoms with Crippen molar-refractivity contribution in [3.05, 3.63) is 41.6 Å². The van der Waals surface area contributed by atoms with Crippen LogP contribution in [0, 0.1) is 6.92 Å². The zero-order chi connectivity index (χ0) is 17.2. The van der Waals surface area contributed by atoms with E-state index in [1.54, 1.807) is 0 Å². The van der Waals surface area contributed by atoms with Gasteiger partial charge in [0.05, 0.1) is 12.1 Å². The molecule has 0 radical (unpaired) electrons. The van der Waals surface area contributed by atoms with Crippen LogP contribution in [0.15, 0.2) is 30.3 Å². The number of hydrogen-bond donors (Lipinski definition) is 1. The van der Waals surface area contributed by atoms with Gasteiger partial charge in [-0.25, -0.2) is 0 Å². The van der Waals surface area contributed by atoms with E-state index in [0.717, 1.165) is 56.8 Å². The van der Waals surface area contributed by atoms with Crippen molar-refractivity contribution in [3.63, 3.8) is 0 Å². The maximum atomic E-state index is 12.2. The summed E-state index contributed by atoms with van der Waals surface area (Å²) in [6.45, 7) is 7.32. The number of rotatable bonds is 3. The Morgan fingerprint density at radius 1 is 1.24 bits per heavy atom. The molecule has 1 aromatic heterocycles. The zero-order valence-corrected chi connectivity index (χ0v) is 14.9. The van der Waals surface area contributed by atoms with E-state index in [2.05, 4.69) is 50.4 Å². The van der Waals surface area contributed by atoms with Crippen LogP contribution in [0.3, 0.4) is 0 Å².